The van der Waals surface area contributed by atoms with Crippen molar-refractivity contribution in [3.63, 3.8) is 0 Å². The van der Waals surface area contributed by atoms with Crippen molar-refractivity contribution >= 4 is 21.5 Å². The number of hydrogen-bond donors (Lipinski definition) is 2. The van der Waals surface area contributed by atoms with E-state index in [9.17, 15) is 8.42 Å². The molecule has 2 N–H and O–H groups in total. The van der Waals surface area contributed by atoms with Crippen LogP contribution in [0.3, 0.4) is 0 Å². The fraction of sp³-hybridized carbons (Fsp3) is 0.227. The van der Waals surface area contributed by atoms with Crippen molar-refractivity contribution in [3.05, 3.63) is 83.0 Å². The molecule has 1 aromatic heterocycles. The standard InChI is InChI=1S/C22H25N3O2S/c1-15-12-16(2)22(17(3)13-15)28(26,27)25-20-10-11-21(23-14-20)24-18(4)19-8-6-5-7-9-19/h5-14,18,25H,1-4H3,(H,23,24). The van der Waals surface area contributed by atoms with Gasteiger partial charge in [0.15, 0.2) is 0 Å². The summed E-state index contributed by atoms with van der Waals surface area (Å²) in [5.74, 6) is 0.682. The van der Waals surface area contributed by atoms with Crippen molar-refractivity contribution in [1.29, 1.82) is 0 Å². The quantitative estimate of drug-likeness (QED) is 0.617. The second-order valence-corrected chi connectivity index (χ2v) is 8.66. The van der Waals surface area contributed by atoms with E-state index in [4.69, 9.17) is 0 Å². The molecule has 0 aliphatic carbocycles. The maximum absolute atomic E-state index is 12.8. The van der Waals surface area contributed by atoms with E-state index in [0.717, 1.165) is 22.3 Å². The number of nitrogens with zero attached hydrogens (tertiary/aromatic N) is 1. The summed E-state index contributed by atoms with van der Waals surface area (Å²) in [6.07, 6.45) is 1.52. The van der Waals surface area contributed by atoms with Gasteiger partial charge in [0.05, 0.1) is 16.8 Å². The van der Waals surface area contributed by atoms with Crippen LogP contribution in [0.25, 0.3) is 0 Å². The van der Waals surface area contributed by atoms with Crippen LogP contribution in [-0.2, 0) is 10.0 Å². The van der Waals surface area contributed by atoms with E-state index in [1.807, 2.05) is 63.2 Å². The minimum Gasteiger partial charge on any atom is -0.364 e. The highest BCUT2D eigenvalue weighted by Crippen LogP contribution is 2.25. The molecule has 0 radical (unpaired) electrons. The molecule has 0 amide bonds. The second-order valence-electron chi connectivity index (χ2n) is 7.04. The predicted octanol–water partition coefficient (Wildman–Crippen LogP) is 4.98. The van der Waals surface area contributed by atoms with Crippen LogP contribution in [0, 0.1) is 20.8 Å². The van der Waals surface area contributed by atoms with Gasteiger partial charge in [-0.1, -0.05) is 48.0 Å². The highest BCUT2D eigenvalue weighted by molar-refractivity contribution is 7.92. The lowest BCUT2D eigenvalue weighted by Crippen LogP contribution is -2.16. The number of pyridine rings is 1. The van der Waals surface area contributed by atoms with E-state index in [-0.39, 0.29) is 6.04 Å². The zero-order valence-electron chi connectivity index (χ0n) is 16.5. The van der Waals surface area contributed by atoms with E-state index in [2.05, 4.69) is 21.9 Å². The monoisotopic (exact) mass is 395 g/mol. The molecule has 2 aromatic carbocycles. The number of benzene rings is 2. The lowest BCUT2D eigenvalue weighted by molar-refractivity contribution is 0.600. The summed E-state index contributed by atoms with van der Waals surface area (Å²) in [5, 5.41) is 3.32. The number of nitrogens with one attached hydrogen (secondary N) is 2. The largest absolute Gasteiger partial charge is 0.364 e. The van der Waals surface area contributed by atoms with Crippen LogP contribution in [0.1, 0.15) is 35.2 Å². The van der Waals surface area contributed by atoms with Gasteiger partial charge in [-0.15, -0.1) is 0 Å². The normalized spacial score (nSPS) is 12.4. The first-order valence-electron chi connectivity index (χ1n) is 9.14. The number of sulfonamides is 1. The summed E-state index contributed by atoms with van der Waals surface area (Å²) in [6, 6.07) is 17.4. The van der Waals surface area contributed by atoms with Crippen molar-refractivity contribution in [2.45, 2.75) is 38.6 Å². The van der Waals surface area contributed by atoms with Crippen molar-refractivity contribution in [2.24, 2.45) is 0 Å². The Kier molecular flexibility index (Phi) is 5.70. The van der Waals surface area contributed by atoms with Crippen molar-refractivity contribution in [3.8, 4) is 0 Å². The van der Waals surface area contributed by atoms with Gasteiger partial charge in [0.25, 0.3) is 10.0 Å². The van der Waals surface area contributed by atoms with E-state index in [1.54, 1.807) is 12.1 Å². The van der Waals surface area contributed by atoms with Crippen LogP contribution in [0.2, 0.25) is 0 Å². The van der Waals surface area contributed by atoms with Crippen molar-refractivity contribution in [1.82, 2.24) is 4.98 Å². The fourth-order valence-corrected chi connectivity index (χ4v) is 4.88. The molecule has 1 unspecified atom stereocenters. The van der Waals surface area contributed by atoms with Gasteiger partial charge in [0, 0.05) is 6.04 Å². The first-order chi connectivity index (χ1) is 13.3. The van der Waals surface area contributed by atoms with E-state index in [1.165, 1.54) is 6.20 Å². The highest BCUT2D eigenvalue weighted by atomic mass is 32.2. The zero-order valence-corrected chi connectivity index (χ0v) is 17.3. The predicted molar refractivity (Wildman–Crippen MR) is 114 cm³/mol. The lowest BCUT2D eigenvalue weighted by Gasteiger charge is -2.16. The SMILES string of the molecule is Cc1cc(C)c(S(=O)(=O)Nc2ccc(NC(C)c3ccccc3)nc2)c(C)c1. The summed E-state index contributed by atoms with van der Waals surface area (Å²) in [5.41, 5.74) is 4.08. The molecule has 3 aromatic rings. The zero-order chi connectivity index (χ0) is 20.3. The maximum Gasteiger partial charge on any atom is 0.262 e. The van der Waals surface area contributed by atoms with Crippen LogP contribution in [0.5, 0.6) is 0 Å². The number of aromatic nitrogens is 1. The lowest BCUT2D eigenvalue weighted by atomic mass is 10.1. The van der Waals surface area contributed by atoms with Gasteiger partial charge in [-0.2, -0.15) is 0 Å². The Labute approximate surface area is 166 Å². The summed E-state index contributed by atoms with van der Waals surface area (Å²) >= 11 is 0. The molecule has 0 spiro atoms. The molecular weight excluding hydrogens is 370 g/mol. The Morgan fingerprint density at radius 2 is 1.57 bits per heavy atom. The topological polar surface area (TPSA) is 71.1 Å². The Morgan fingerprint density at radius 1 is 0.929 bits per heavy atom. The molecule has 0 bridgehead atoms. The van der Waals surface area contributed by atoms with Crippen molar-refractivity contribution < 1.29 is 8.42 Å². The fourth-order valence-electron chi connectivity index (χ4n) is 3.38. The van der Waals surface area contributed by atoms with Gasteiger partial charge in [-0.05, 0) is 56.5 Å². The van der Waals surface area contributed by atoms with Crippen LogP contribution in [0.4, 0.5) is 11.5 Å². The Bertz CT molecular complexity index is 1040. The average molecular weight is 396 g/mol. The summed E-state index contributed by atoms with van der Waals surface area (Å²) in [6.45, 7) is 7.63. The number of anilines is 2. The average Bonchev–Trinajstić information content (AvgIpc) is 2.62. The third kappa shape index (κ3) is 4.51. The van der Waals surface area contributed by atoms with Gasteiger partial charge in [0.1, 0.15) is 5.82 Å². The Hall–Kier alpha value is -2.86. The first kappa shape index (κ1) is 19.9. The van der Waals surface area contributed by atoms with Crippen LogP contribution >= 0.6 is 0 Å². The van der Waals surface area contributed by atoms with Gasteiger partial charge >= 0.3 is 0 Å². The van der Waals surface area contributed by atoms with Gasteiger partial charge in [-0.3, -0.25) is 4.72 Å². The molecular formula is C22H25N3O2S. The molecule has 0 fully saturated rings. The molecule has 0 aliphatic rings. The Morgan fingerprint density at radius 3 is 2.14 bits per heavy atom. The van der Waals surface area contributed by atoms with Crippen LogP contribution in [0.15, 0.2) is 65.7 Å². The van der Waals surface area contributed by atoms with Crippen LogP contribution in [-0.4, -0.2) is 13.4 Å². The second kappa shape index (κ2) is 8.02. The smallest absolute Gasteiger partial charge is 0.262 e. The molecule has 0 saturated heterocycles. The van der Waals surface area contributed by atoms with Gasteiger partial charge in [0.2, 0.25) is 0 Å². The Balaban J connectivity index is 1.75. The molecule has 0 aliphatic heterocycles. The molecule has 0 saturated carbocycles. The number of hydrogen-bond acceptors (Lipinski definition) is 4. The van der Waals surface area contributed by atoms with E-state index >= 15 is 0 Å². The van der Waals surface area contributed by atoms with Gasteiger partial charge < -0.3 is 5.32 Å². The molecule has 28 heavy (non-hydrogen) atoms. The number of rotatable bonds is 6. The first-order valence-corrected chi connectivity index (χ1v) is 10.6. The van der Waals surface area contributed by atoms with Crippen LogP contribution < -0.4 is 10.0 Å². The van der Waals surface area contributed by atoms with Gasteiger partial charge in [-0.25, -0.2) is 13.4 Å². The molecule has 146 valence electrons. The maximum atomic E-state index is 12.8. The summed E-state index contributed by atoms with van der Waals surface area (Å²) < 4.78 is 28.3. The third-order valence-electron chi connectivity index (χ3n) is 4.55. The third-order valence-corrected chi connectivity index (χ3v) is 6.24. The molecule has 3 rings (SSSR count). The number of aryl methyl sites for hydroxylation is 3. The minimum absolute atomic E-state index is 0.0918. The molecule has 5 nitrogen and oxygen atoms in total. The highest BCUT2D eigenvalue weighted by Gasteiger charge is 2.20. The minimum atomic E-state index is -3.68. The van der Waals surface area contributed by atoms with E-state index < -0.39 is 10.0 Å². The summed E-state index contributed by atoms with van der Waals surface area (Å²) in [4.78, 5) is 4.66. The molecule has 1 atom stereocenters. The van der Waals surface area contributed by atoms with E-state index in [0.29, 0.717) is 16.4 Å². The molecule has 6 heteroatoms. The molecule has 1 heterocycles. The van der Waals surface area contributed by atoms with Crippen molar-refractivity contribution in [2.75, 3.05) is 10.0 Å². The summed E-state index contributed by atoms with van der Waals surface area (Å²) in [7, 11) is -3.68.